The average Bonchev–Trinajstić information content (AvgIpc) is 2.34. The van der Waals surface area contributed by atoms with Gasteiger partial charge in [0.25, 0.3) is 0 Å². The summed E-state index contributed by atoms with van der Waals surface area (Å²) in [4.78, 5) is 0. The van der Waals surface area contributed by atoms with Gasteiger partial charge in [-0.3, -0.25) is 0 Å². The van der Waals surface area contributed by atoms with Gasteiger partial charge < -0.3 is 5.32 Å². The second-order valence-electron chi connectivity index (χ2n) is 2.32. The van der Waals surface area contributed by atoms with Crippen LogP contribution in [-0.4, -0.2) is 21.9 Å². The van der Waals surface area contributed by atoms with Crippen LogP contribution in [0.4, 0.5) is 0 Å². The van der Waals surface area contributed by atoms with E-state index in [2.05, 4.69) is 17.9 Å². The molecular weight excluding hydrogens is 182 g/mol. The molecule has 1 saturated heterocycles. The molecule has 0 aromatic rings. The Morgan fingerprint density at radius 3 is 3.10 bits per heavy atom. The van der Waals surface area contributed by atoms with E-state index >= 15 is 0 Å². The van der Waals surface area contributed by atoms with Gasteiger partial charge in [0.1, 0.15) is 4.32 Å². The van der Waals surface area contributed by atoms with Crippen LogP contribution in [0.3, 0.4) is 0 Å². The molecule has 1 atom stereocenters. The summed E-state index contributed by atoms with van der Waals surface area (Å²) in [6.07, 6.45) is 2.68. The van der Waals surface area contributed by atoms with Crippen LogP contribution in [0.15, 0.2) is 0 Å². The molecule has 0 amide bonds. The van der Waals surface area contributed by atoms with Gasteiger partial charge in [-0.15, -0.1) is 12.6 Å². The molecular formula is C6H11NS3. The summed E-state index contributed by atoms with van der Waals surface area (Å²) >= 11 is 10.8. The lowest BCUT2D eigenvalue weighted by Crippen LogP contribution is -2.24. The molecule has 0 aromatic carbocycles. The van der Waals surface area contributed by atoms with E-state index in [9.17, 15) is 0 Å². The molecule has 0 aliphatic carbocycles. The van der Waals surface area contributed by atoms with Gasteiger partial charge in [-0.05, 0) is 18.6 Å². The Kier molecular flexibility index (Phi) is 3.88. The minimum absolute atomic E-state index is 0.618. The molecule has 1 N–H and O–H groups in total. The van der Waals surface area contributed by atoms with E-state index in [0.717, 1.165) is 11.8 Å². The van der Waals surface area contributed by atoms with E-state index in [0.29, 0.717) is 4.32 Å². The van der Waals surface area contributed by atoms with Gasteiger partial charge in [-0.2, -0.15) is 11.8 Å². The van der Waals surface area contributed by atoms with E-state index in [1.807, 2.05) is 11.8 Å². The fraction of sp³-hybridized carbons (Fsp3) is 0.833. The number of thiol groups is 1. The maximum atomic E-state index is 4.77. The van der Waals surface area contributed by atoms with Crippen LogP contribution >= 0.6 is 36.6 Å². The highest BCUT2D eigenvalue weighted by molar-refractivity contribution is 8.11. The lowest BCUT2D eigenvalue weighted by Gasteiger charge is -2.08. The number of thioether (sulfide) groups is 1. The number of rotatable bonds is 2. The smallest absolute Gasteiger partial charge is 0.130 e. The zero-order valence-electron chi connectivity index (χ0n) is 5.67. The molecule has 0 bridgehead atoms. The van der Waals surface area contributed by atoms with E-state index in [-0.39, 0.29) is 0 Å². The van der Waals surface area contributed by atoms with Crippen LogP contribution in [0.1, 0.15) is 12.8 Å². The Balaban J connectivity index is 2.07. The number of nitrogens with one attached hydrogen (secondary N) is 1. The molecule has 10 heavy (non-hydrogen) atoms. The fourth-order valence-electron chi connectivity index (χ4n) is 1.01. The van der Waals surface area contributed by atoms with Crippen molar-refractivity contribution in [2.24, 2.45) is 0 Å². The summed E-state index contributed by atoms with van der Waals surface area (Å²) in [7, 11) is 0. The van der Waals surface area contributed by atoms with Crippen molar-refractivity contribution >= 4 is 40.9 Å². The van der Waals surface area contributed by atoms with Crippen LogP contribution in [-0.2, 0) is 0 Å². The topological polar surface area (TPSA) is 12.0 Å². The first-order valence-corrected chi connectivity index (χ1v) is 5.28. The van der Waals surface area contributed by atoms with Gasteiger partial charge >= 0.3 is 0 Å². The van der Waals surface area contributed by atoms with Crippen LogP contribution in [0, 0.1) is 0 Å². The molecule has 1 heterocycles. The van der Waals surface area contributed by atoms with Crippen LogP contribution in [0.2, 0.25) is 0 Å². The summed E-state index contributed by atoms with van der Waals surface area (Å²) in [5, 5.41) is 3.83. The third kappa shape index (κ3) is 3.12. The highest BCUT2D eigenvalue weighted by atomic mass is 32.2. The van der Waals surface area contributed by atoms with Gasteiger partial charge in [0, 0.05) is 11.8 Å². The summed E-state index contributed by atoms with van der Waals surface area (Å²) < 4.78 is 0.618. The molecule has 1 nitrogen and oxygen atoms in total. The summed E-state index contributed by atoms with van der Waals surface area (Å²) in [5.74, 6) is 1.31. The Morgan fingerprint density at radius 2 is 2.60 bits per heavy atom. The quantitative estimate of drug-likeness (QED) is 0.512. The Morgan fingerprint density at radius 1 is 1.80 bits per heavy atom. The molecule has 0 radical (unpaired) electrons. The van der Waals surface area contributed by atoms with Crippen molar-refractivity contribution in [3.05, 3.63) is 0 Å². The van der Waals surface area contributed by atoms with E-state index in [1.165, 1.54) is 18.6 Å². The number of hydrogen-bond donors (Lipinski definition) is 2. The summed E-state index contributed by atoms with van der Waals surface area (Å²) in [5.41, 5.74) is 0. The van der Waals surface area contributed by atoms with Crippen LogP contribution in [0.25, 0.3) is 0 Å². The molecule has 1 rings (SSSR count). The SMILES string of the molecule is S=C(S)NCC1CCCS1. The third-order valence-electron chi connectivity index (χ3n) is 1.50. The van der Waals surface area contributed by atoms with Crippen molar-refractivity contribution in [1.82, 2.24) is 5.32 Å². The van der Waals surface area contributed by atoms with Crippen LogP contribution in [0.5, 0.6) is 0 Å². The molecule has 1 aliphatic heterocycles. The Bertz CT molecular complexity index is 120. The maximum Gasteiger partial charge on any atom is 0.130 e. The standard InChI is InChI=1S/C6H11NS3/c8-6(9)7-4-5-2-1-3-10-5/h5H,1-4H2,(H2,7,8,9). The van der Waals surface area contributed by atoms with E-state index in [4.69, 9.17) is 12.2 Å². The summed E-state index contributed by atoms with van der Waals surface area (Å²) in [6, 6.07) is 0. The Labute approximate surface area is 76.7 Å². The van der Waals surface area contributed by atoms with Gasteiger partial charge in [0.15, 0.2) is 0 Å². The van der Waals surface area contributed by atoms with Crippen molar-refractivity contribution in [1.29, 1.82) is 0 Å². The fourth-order valence-corrected chi connectivity index (χ4v) is 2.38. The summed E-state index contributed by atoms with van der Waals surface area (Å²) in [6.45, 7) is 0.993. The molecule has 0 spiro atoms. The second kappa shape index (κ2) is 4.46. The highest BCUT2D eigenvalue weighted by Crippen LogP contribution is 2.25. The Hall–Kier alpha value is 0.590. The van der Waals surface area contributed by atoms with Crippen molar-refractivity contribution in [3.8, 4) is 0 Å². The molecule has 0 saturated carbocycles. The predicted octanol–water partition coefficient (Wildman–Crippen LogP) is 1.69. The monoisotopic (exact) mass is 193 g/mol. The zero-order chi connectivity index (χ0) is 7.40. The lowest BCUT2D eigenvalue weighted by atomic mass is 10.2. The molecule has 1 unspecified atom stereocenters. The molecule has 1 aliphatic rings. The maximum absolute atomic E-state index is 4.77. The normalized spacial score (nSPS) is 24.7. The average molecular weight is 193 g/mol. The minimum Gasteiger partial charge on any atom is -0.370 e. The first-order chi connectivity index (χ1) is 4.79. The van der Waals surface area contributed by atoms with E-state index < -0.39 is 0 Å². The van der Waals surface area contributed by atoms with Gasteiger partial charge in [-0.1, -0.05) is 12.2 Å². The molecule has 4 heteroatoms. The van der Waals surface area contributed by atoms with Gasteiger partial charge in [0.2, 0.25) is 0 Å². The third-order valence-corrected chi connectivity index (χ3v) is 3.21. The number of thiocarbonyl (C=S) groups is 1. The first kappa shape index (κ1) is 8.68. The molecule has 1 fully saturated rings. The second-order valence-corrected chi connectivity index (χ2v) is 4.89. The van der Waals surface area contributed by atoms with Crippen molar-refractivity contribution < 1.29 is 0 Å². The first-order valence-electron chi connectivity index (χ1n) is 3.37. The van der Waals surface area contributed by atoms with Gasteiger partial charge in [-0.25, -0.2) is 0 Å². The van der Waals surface area contributed by atoms with Crippen molar-refractivity contribution in [3.63, 3.8) is 0 Å². The van der Waals surface area contributed by atoms with Crippen molar-refractivity contribution in [2.75, 3.05) is 12.3 Å². The van der Waals surface area contributed by atoms with Crippen molar-refractivity contribution in [2.45, 2.75) is 18.1 Å². The zero-order valence-corrected chi connectivity index (χ0v) is 8.20. The largest absolute Gasteiger partial charge is 0.370 e. The van der Waals surface area contributed by atoms with Crippen LogP contribution < -0.4 is 5.32 Å². The number of hydrogen-bond acceptors (Lipinski definition) is 2. The molecule has 58 valence electrons. The highest BCUT2D eigenvalue weighted by Gasteiger charge is 2.14. The lowest BCUT2D eigenvalue weighted by molar-refractivity contribution is 0.753. The predicted molar refractivity (Wildman–Crippen MR) is 55.1 cm³/mol. The minimum atomic E-state index is 0.618. The van der Waals surface area contributed by atoms with E-state index in [1.54, 1.807) is 0 Å². The van der Waals surface area contributed by atoms with Gasteiger partial charge in [0.05, 0.1) is 0 Å². The molecule has 0 aromatic heterocycles.